The van der Waals surface area contributed by atoms with Crippen LogP contribution in [0, 0.1) is 3.57 Å². The highest BCUT2D eigenvalue weighted by molar-refractivity contribution is 14.1. The van der Waals surface area contributed by atoms with Crippen LogP contribution in [0.5, 0.6) is 0 Å². The van der Waals surface area contributed by atoms with Gasteiger partial charge in [-0.3, -0.25) is 0 Å². The highest BCUT2D eigenvalue weighted by Crippen LogP contribution is 2.46. The van der Waals surface area contributed by atoms with Crippen LogP contribution >= 0.6 is 22.6 Å². The van der Waals surface area contributed by atoms with E-state index in [4.69, 9.17) is 4.74 Å². The number of hydrogen-bond acceptors (Lipinski definition) is 1. The van der Waals surface area contributed by atoms with Gasteiger partial charge in [0.2, 0.25) is 0 Å². The molecule has 76 valence electrons. The van der Waals surface area contributed by atoms with Crippen LogP contribution in [0.2, 0.25) is 0 Å². The monoisotopic (exact) mass is 302 g/mol. The van der Waals surface area contributed by atoms with Crippen molar-refractivity contribution in [3.63, 3.8) is 0 Å². The van der Waals surface area contributed by atoms with Gasteiger partial charge in [-0.25, -0.2) is 0 Å². The number of benzene rings is 1. The number of rotatable bonds is 0. The molecule has 1 nitrogen and oxygen atoms in total. The third-order valence-corrected chi connectivity index (χ3v) is 3.46. The molecule has 2 rings (SSSR count). The fourth-order valence-electron chi connectivity index (χ4n) is 2.29. The first kappa shape index (κ1) is 10.4. The maximum absolute atomic E-state index is 6.06. The summed E-state index contributed by atoms with van der Waals surface area (Å²) in [6.45, 7) is 8.54. The average molecular weight is 302 g/mol. The van der Waals surface area contributed by atoms with Crippen LogP contribution in [-0.2, 0) is 15.9 Å². The van der Waals surface area contributed by atoms with Crippen molar-refractivity contribution in [3.05, 3.63) is 32.9 Å². The normalized spacial score (nSPS) is 22.1. The van der Waals surface area contributed by atoms with Gasteiger partial charge in [0.25, 0.3) is 0 Å². The predicted molar refractivity (Wildman–Crippen MR) is 66.3 cm³/mol. The summed E-state index contributed by atoms with van der Waals surface area (Å²) in [7, 11) is 0. The molecule has 1 aliphatic heterocycles. The third kappa shape index (κ3) is 1.48. The molecule has 14 heavy (non-hydrogen) atoms. The van der Waals surface area contributed by atoms with Crippen LogP contribution in [0.3, 0.4) is 0 Å². The minimum Gasteiger partial charge on any atom is -0.360 e. The zero-order valence-electron chi connectivity index (χ0n) is 9.02. The zero-order valence-corrected chi connectivity index (χ0v) is 11.2. The van der Waals surface area contributed by atoms with Gasteiger partial charge >= 0.3 is 0 Å². The molecule has 0 N–H and O–H groups in total. The lowest BCUT2D eigenvalue weighted by Crippen LogP contribution is -2.22. The molecule has 1 aromatic rings. The molecule has 0 aromatic heterocycles. The standard InChI is InChI=1S/C12H15IO/c1-11(2)9-6-5-8(13)7-10(9)12(3,4)14-11/h5-7H,1-4H3. The summed E-state index contributed by atoms with van der Waals surface area (Å²) in [4.78, 5) is 0. The second-order valence-corrected chi connectivity index (χ2v) is 6.06. The zero-order chi connectivity index (χ0) is 10.6. The van der Waals surface area contributed by atoms with Crippen molar-refractivity contribution in [1.82, 2.24) is 0 Å². The number of ether oxygens (including phenoxy) is 1. The largest absolute Gasteiger partial charge is 0.360 e. The van der Waals surface area contributed by atoms with E-state index in [1.807, 2.05) is 0 Å². The second-order valence-electron chi connectivity index (χ2n) is 4.81. The maximum atomic E-state index is 6.06. The predicted octanol–water partition coefficient (Wildman–Crippen LogP) is 3.79. The molecule has 0 saturated carbocycles. The van der Waals surface area contributed by atoms with Gasteiger partial charge in [0, 0.05) is 3.57 Å². The number of hydrogen-bond donors (Lipinski definition) is 0. The van der Waals surface area contributed by atoms with Crippen LogP contribution < -0.4 is 0 Å². The molecule has 0 aliphatic carbocycles. The fraction of sp³-hybridized carbons (Fsp3) is 0.500. The maximum Gasteiger partial charge on any atom is 0.0891 e. The molecule has 2 heteroatoms. The average Bonchev–Trinajstić information content (AvgIpc) is 2.17. The second kappa shape index (κ2) is 2.95. The van der Waals surface area contributed by atoms with Gasteiger partial charge in [-0.1, -0.05) is 6.07 Å². The molecular weight excluding hydrogens is 287 g/mol. The molecule has 0 bridgehead atoms. The van der Waals surface area contributed by atoms with Crippen molar-refractivity contribution >= 4 is 22.6 Å². The van der Waals surface area contributed by atoms with E-state index < -0.39 is 0 Å². The molecule has 0 spiro atoms. The Labute approximate surface area is 99.0 Å². The van der Waals surface area contributed by atoms with Crippen molar-refractivity contribution in [2.75, 3.05) is 0 Å². The first-order chi connectivity index (χ1) is 6.33. The van der Waals surface area contributed by atoms with E-state index >= 15 is 0 Å². The smallest absolute Gasteiger partial charge is 0.0891 e. The van der Waals surface area contributed by atoms with Gasteiger partial charge in [0.1, 0.15) is 0 Å². The van der Waals surface area contributed by atoms with Gasteiger partial charge in [0.15, 0.2) is 0 Å². The molecule has 0 radical (unpaired) electrons. The molecule has 0 amide bonds. The van der Waals surface area contributed by atoms with Crippen LogP contribution in [0.4, 0.5) is 0 Å². The first-order valence-corrected chi connectivity index (χ1v) is 5.91. The summed E-state index contributed by atoms with van der Waals surface area (Å²) in [6.07, 6.45) is 0. The molecule has 0 saturated heterocycles. The minimum atomic E-state index is -0.153. The summed E-state index contributed by atoms with van der Waals surface area (Å²) < 4.78 is 7.33. The summed E-state index contributed by atoms with van der Waals surface area (Å²) in [6, 6.07) is 6.56. The van der Waals surface area contributed by atoms with Crippen molar-refractivity contribution in [2.45, 2.75) is 38.9 Å². The summed E-state index contributed by atoms with van der Waals surface area (Å²) in [5.41, 5.74) is 2.35. The van der Waals surface area contributed by atoms with Gasteiger partial charge < -0.3 is 4.74 Å². The van der Waals surface area contributed by atoms with Crippen LogP contribution in [0.25, 0.3) is 0 Å². The Bertz CT molecular complexity index is 380. The lowest BCUT2D eigenvalue weighted by molar-refractivity contribution is -0.105. The molecular formula is C12H15IO. The Morgan fingerprint density at radius 2 is 1.57 bits per heavy atom. The van der Waals surface area contributed by atoms with E-state index in [2.05, 4.69) is 68.5 Å². The van der Waals surface area contributed by atoms with Crippen molar-refractivity contribution < 1.29 is 4.74 Å². The molecule has 0 fully saturated rings. The van der Waals surface area contributed by atoms with Crippen molar-refractivity contribution in [2.24, 2.45) is 0 Å². The van der Waals surface area contributed by atoms with Crippen molar-refractivity contribution in [1.29, 1.82) is 0 Å². The van der Waals surface area contributed by atoms with Gasteiger partial charge in [0.05, 0.1) is 11.2 Å². The van der Waals surface area contributed by atoms with Crippen molar-refractivity contribution in [3.8, 4) is 0 Å². The van der Waals surface area contributed by atoms with Gasteiger partial charge in [-0.2, -0.15) is 0 Å². The van der Waals surface area contributed by atoms with E-state index in [0.29, 0.717) is 0 Å². The number of halogens is 1. The number of fused-ring (bicyclic) bond motifs is 1. The topological polar surface area (TPSA) is 9.23 Å². The molecule has 1 aromatic carbocycles. The summed E-state index contributed by atoms with van der Waals surface area (Å²) >= 11 is 2.35. The van der Waals surface area contributed by atoms with E-state index in [-0.39, 0.29) is 11.2 Å². The summed E-state index contributed by atoms with van der Waals surface area (Å²) in [5.74, 6) is 0. The Morgan fingerprint density at radius 1 is 1.00 bits per heavy atom. The Hall–Kier alpha value is -0.0900. The molecule has 1 heterocycles. The minimum absolute atomic E-state index is 0.150. The van der Waals surface area contributed by atoms with E-state index in [1.165, 1.54) is 14.7 Å². The van der Waals surface area contributed by atoms with Gasteiger partial charge in [-0.05, 0) is 73.5 Å². The van der Waals surface area contributed by atoms with E-state index in [0.717, 1.165) is 0 Å². The Balaban J connectivity index is 2.66. The summed E-state index contributed by atoms with van der Waals surface area (Å²) in [5, 5.41) is 0. The van der Waals surface area contributed by atoms with E-state index in [1.54, 1.807) is 0 Å². The Kier molecular flexibility index (Phi) is 2.20. The SMILES string of the molecule is CC1(C)OC(C)(C)c2cc(I)ccc21. The van der Waals surface area contributed by atoms with Crippen LogP contribution in [0.15, 0.2) is 18.2 Å². The quantitative estimate of drug-likeness (QED) is 0.663. The van der Waals surface area contributed by atoms with Gasteiger partial charge in [-0.15, -0.1) is 0 Å². The lowest BCUT2D eigenvalue weighted by Gasteiger charge is -2.24. The lowest BCUT2D eigenvalue weighted by atomic mass is 9.91. The molecule has 0 unspecified atom stereocenters. The highest BCUT2D eigenvalue weighted by Gasteiger charge is 2.42. The van der Waals surface area contributed by atoms with Crippen LogP contribution in [0.1, 0.15) is 38.8 Å². The molecule has 0 atom stereocenters. The Morgan fingerprint density at radius 3 is 2.21 bits per heavy atom. The van der Waals surface area contributed by atoms with Crippen LogP contribution in [-0.4, -0.2) is 0 Å². The first-order valence-electron chi connectivity index (χ1n) is 4.84. The third-order valence-electron chi connectivity index (χ3n) is 2.79. The van der Waals surface area contributed by atoms with E-state index in [9.17, 15) is 0 Å². The fourth-order valence-corrected chi connectivity index (χ4v) is 2.78. The molecule has 1 aliphatic rings. The highest BCUT2D eigenvalue weighted by atomic mass is 127.